The van der Waals surface area contributed by atoms with Gasteiger partial charge in [0.15, 0.2) is 24.0 Å². The average molecular weight is 522 g/mol. The van der Waals surface area contributed by atoms with Crippen molar-refractivity contribution in [2.75, 3.05) is 18.9 Å². The Morgan fingerprint density at radius 3 is 2.74 bits per heavy atom. The highest BCUT2D eigenvalue weighted by molar-refractivity contribution is 6.06. The van der Waals surface area contributed by atoms with Crippen molar-refractivity contribution < 1.29 is 18.7 Å². The maximum absolute atomic E-state index is 14.9. The Morgan fingerprint density at radius 1 is 1.13 bits per heavy atom. The summed E-state index contributed by atoms with van der Waals surface area (Å²) >= 11 is 0. The van der Waals surface area contributed by atoms with Crippen molar-refractivity contribution in [3.63, 3.8) is 0 Å². The number of para-hydroxylation sites is 1. The first-order chi connectivity index (χ1) is 18.4. The van der Waals surface area contributed by atoms with E-state index in [-0.39, 0.29) is 18.5 Å². The molecule has 0 aliphatic rings. The first-order valence-corrected chi connectivity index (χ1v) is 13.2. The van der Waals surface area contributed by atoms with Gasteiger partial charge in [-0.1, -0.05) is 43.7 Å². The number of aryl methyl sites for hydroxylation is 2. The van der Waals surface area contributed by atoms with Gasteiger partial charge in [0.2, 0.25) is 0 Å². The summed E-state index contributed by atoms with van der Waals surface area (Å²) in [6.45, 7) is 7.10. The van der Waals surface area contributed by atoms with Gasteiger partial charge in [-0.05, 0) is 45.4 Å². The van der Waals surface area contributed by atoms with Crippen molar-refractivity contribution in [2.45, 2.75) is 65.6 Å². The molecule has 4 aromatic rings. The first-order valence-electron chi connectivity index (χ1n) is 13.2. The number of nitrogens with two attached hydrogens (primary N) is 1. The Morgan fingerprint density at radius 2 is 1.95 bits per heavy atom. The molecule has 0 atom stereocenters. The predicted molar refractivity (Wildman–Crippen MR) is 148 cm³/mol. The van der Waals surface area contributed by atoms with E-state index in [1.165, 1.54) is 6.07 Å². The summed E-state index contributed by atoms with van der Waals surface area (Å²) < 4.78 is 27.5. The molecule has 202 valence electrons. The molecular formula is C29H36FN5O3. The number of halogens is 1. The van der Waals surface area contributed by atoms with E-state index in [1.54, 1.807) is 26.0 Å². The number of pyridine rings is 1. The fraction of sp³-hybridized carbons (Fsp3) is 0.414. The highest BCUT2D eigenvalue weighted by Crippen LogP contribution is 2.29. The Labute approximate surface area is 222 Å². The molecule has 0 spiro atoms. The van der Waals surface area contributed by atoms with Gasteiger partial charge in [-0.3, -0.25) is 0 Å². The van der Waals surface area contributed by atoms with E-state index in [4.69, 9.17) is 20.2 Å². The zero-order valence-electron chi connectivity index (χ0n) is 22.3. The summed E-state index contributed by atoms with van der Waals surface area (Å²) in [5.41, 5.74) is 9.39. The third kappa shape index (κ3) is 6.39. The summed E-state index contributed by atoms with van der Waals surface area (Å²) in [4.78, 5) is 21.1. The molecule has 3 N–H and O–H groups in total. The van der Waals surface area contributed by atoms with Crippen LogP contribution in [0, 0.1) is 5.82 Å². The van der Waals surface area contributed by atoms with Crippen molar-refractivity contribution in [3.8, 4) is 5.75 Å². The van der Waals surface area contributed by atoms with Gasteiger partial charge in [0.1, 0.15) is 11.3 Å². The van der Waals surface area contributed by atoms with Crippen molar-refractivity contribution in [2.24, 2.45) is 0 Å². The molecule has 8 nitrogen and oxygen atoms in total. The molecule has 0 bridgehead atoms. The molecule has 9 heteroatoms. The minimum atomic E-state index is -0.529. The lowest BCUT2D eigenvalue weighted by Crippen LogP contribution is -2.20. The van der Waals surface area contributed by atoms with Gasteiger partial charge < -0.3 is 25.1 Å². The van der Waals surface area contributed by atoms with Crippen LogP contribution >= 0.6 is 0 Å². The monoisotopic (exact) mass is 521 g/mol. The van der Waals surface area contributed by atoms with Crippen LogP contribution in [0.2, 0.25) is 0 Å². The molecular weight excluding hydrogens is 485 g/mol. The number of benzene rings is 2. The van der Waals surface area contributed by atoms with Gasteiger partial charge >= 0.3 is 5.97 Å². The topological polar surface area (TPSA) is 104 Å². The Hall–Kier alpha value is -3.72. The minimum Gasteiger partial charge on any atom is -0.479 e. The number of unbranched alkanes of at least 4 members (excludes halogenated alkanes) is 1. The van der Waals surface area contributed by atoms with Crippen LogP contribution < -0.4 is 15.8 Å². The number of carbonyl (C=O) groups is 1. The van der Waals surface area contributed by atoms with E-state index in [1.807, 2.05) is 18.2 Å². The largest absolute Gasteiger partial charge is 0.479 e. The molecule has 0 saturated heterocycles. The third-order valence-electron chi connectivity index (χ3n) is 6.25. The van der Waals surface area contributed by atoms with Gasteiger partial charge in [0.05, 0.1) is 17.1 Å². The lowest BCUT2D eigenvalue weighted by atomic mass is 10.2. The summed E-state index contributed by atoms with van der Waals surface area (Å²) in [6.07, 6.45) is 3.56. The standard InChI is InChI=1S/C29H36FN5O3/c1-4-5-14-24-34-27-28(21-11-6-7-12-22(21)33-29(27)31)35(24)16-9-15-32-17-20-10-8-13-23(26(20)30)37-18-25(36)38-19(2)3/h6-8,10-13,19,32H,4-5,9,14-18H2,1-3H3,(H2,31,33). The van der Waals surface area contributed by atoms with Gasteiger partial charge in [-0.15, -0.1) is 0 Å². The number of nitrogen functional groups attached to an aromatic ring is 1. The van der Waals surface area contributed by atoms with Crippen LogP contribution in [0.5, 0.6) is 5.75 Å². The molecule has 0 unspecified atom stereocenters. The number of hydrogen-bond donors (Lipinski definition) is 2. The predicted octanol–water partition coefficient (Wildman–Crippen LogP) is 5.16. The van der Waals surface area contributed by atoms with Crippen molar-refractivity contribution in [1.29, 1.82) is 0 Å². The fourth-order valence-electron chi connectivity index (χ4n) is 4.49. The number of hydrogen-bond acceptors (Lipinski definition) is 7. The average Bonchev–Trinajstić information content (AvgIpc) is 3.26. The van der Waals surface area contributed by atoms with Crippen LogP contribution in [0.15, 0.2) is 42.5 Å². The van der Waals surface area contributed by atoms with Crippen LogP contribution in [0.4, 0.5) is 10.2 Å². The number of rotatable bonds is 13. The number of fused-ring (bicyclic) bond motifs is 3. The molecule has 4 rings (SSSR count). The number of esters is 1. The molecule has 2 aromatic carbocycles. The molecule has 0 aliphatic carbocycles. The lowest BCUT2D eigenvalue weighted by molar-refractivity contribution is -0.149. The van der Waals surface area contributed by atoms with Crippen LogP contribution in [0.3, 0.4) is 0 Å². The minimum absolute atomic E-state index is 0.0357. The quantitative estimate of drug-likeness (QED) is 0.185. The molecule has 38 heavy (non-hydrogen) atoms. The molecule has 2 aromatic heterocycles. The number of nitrogens with zero attached hydrogens (tertiary/aromatic N) is 3. The molecule has 0 amide bonds. The van der Waals surface area contributed by atoms with Crippen molar-refractivity contribution in [1.82, 2.24) is 19.9 Å². The van der Waals surface area contributed by atoms with Gasteiger partial charge in [0, 0.05) is 30.5 Å². The van der Waals surface area contributed by atoms with Crippen LogP contribution in [-0.2, 0) is 29.0 Å². The molecule has 2 heterocycles. The van der Waals surface area contributed by atoms with E-state index >= 15 is 0 Å². The van der Waals surface area contributed by atoms with Gasteiger partial charge in [0.25, 0.3) is 0 Å². The van der Waals surface area contributed by atoms with Crippen molar-refractivity contribution in [3.05, 3.63) is 59.7 Å². The second kappa shape index (κ2) is 12.7. The van der Waals surface area contributed by atoms with E-state index < -0.39 is 11.8 Å². The van der Waals surface area contributed by atoms with Crippen LogP contribution in [-0.4, -0.2) is 39.8 Å². The highest BCUT2D eigenvalue weighted by Gasteiger charge is 2.17. The molecule has 0 saturated carbocycles. The van der Waals surface area contributed by atoms with Gasteiger partial charge in [-0.2, -0.15) is 0 Å². The normalized spacial score (nSPS) is 11.5. The number of nitrogens with one attached hydrogen (secondary N) is 1. The number of imidazole rings is 1. The Kier molecular flexibility index (Phi) is 9.12. The summed E-state index contributed by atoms with van der Waals surface area (Å²) in [7, 11) is 0. The summed E-state index contributed by atoms with van der Waals surface area (Å²) in [5, 5.41) is 4.36. The van der Waals surface area contributed by atoms with Gasteiger partial charge in [-0.25, -0.2) is 19.2 Å². The van der Waals surface area contributed by atoms with E-state index in [0.717, 1.165) is 60.0 Å². The van der Waals surface area contributed by atoms with Crippen molar-refractivity contribution >= 4 is 33.7 Å². The molecule has 0 fully saturated rings. The maximum atomic E-state index is 14.9. The highest BCUT2D eigenvalue weighted by atomic mass is 19.1. The maximum Gasteiger partial charge on any atom is 0.344 e. The zero-order valence-corrected chi connectivity index (χ0v) is 22.3. The summed E-state index contributed by atoms with van der Waals surface area (Å²) in [5.74, 6) is 0.489. The second-order valence-electron chi connectivity index (χ2n) is 9.58. The zero-order chi connectivity index (χ0) is 27.1. The molecule has 0 aliphatic heterocycles. The smallest absolute Gasteiger partial charge is 0.344 e. The van der Waals surface area contributed by atoms with Crippen LogP contribution in [0.1, 0.15) is 51.4 Å². The third-order valence-corrected chi connectivity index (χ3v) is 6.25. The fourth-order valence-corrected chi connectivity index (χ4v) is 4.49. The SMILES string of the molecule is CCCCc1nc2c(N)nc3ccccc3c2n1CCCNCc1cccc(OCC(=O)OC(C)C)c1F. The number of ether oxygens (including phenoxy) is 2. The number of anilines is 1. The number of carbonyl (C=O) groups excluding carboxylic acids is 1. The summed E-state index contributed by atoms with van der Waals surface area (Å²) in [6, 6.07) is 12.9. The Bertz CT molecular complexity index is 1400. The lowest BCUT2D eigenvalue weighted by Gasteiger charge is -2.13. The van der Waals surface area contributed by atoms with Crippen LogP contribution in [0.25, 0.3) is 21.9 Å². The Balaban J connectivity index is 1.41. The van der Waals surface area contributed by atoms with E-state index in [0.29, 0.717) is 24.5 Å². The number of aromatic nitrogens is 3. The van der Waals surface area contributed by atoms with E-state index in [2.05, 4.69) is 27.9 Å². The second-order valence-corrected chi connectivity index (χ2v) is 9.58. The first kappa shape index (κ1) is 27.3. The van der Waals surface area contributed by atoms with E-state index in [9.17, 15) is 9.18 Å². The molecule has 0 radical (unpaired) electrons.